The van der Waals surface area contributed by atoms with Crippen LogP contribution in [0, 0.1) is 0 Å². The van der Waals surface area contributed by atoms with Crippen LogP contribution in [0.5, 0.6) is 0 Å². The zero-order valence-corrected chi connectivity index (χ0v) is 16.1. The molecule has 7 heteroatoms. The zero-order valence-electron chi connectivity index (χ0n) is 12.9. The summed E-state index contributed by atoms with van der Waals surface area (Å²) in [5.41, 5.74) is 1.21. The molecule has 1 amide bonds. The van der Waals surface area contributed by atoms with E-state index in [0.717, 1.165) is 15.8 Å². The molecule has 1 aromatic carbocycles. The lowest BCUT2D eigenvalue weighted by atomic mass is 10.1. The molecule has 0 N–H and O–H groups in total. The largest absolute Gasteiger partial charge is 0.455 e. The first kappa shape index (κ1) is 17.5. The third-order valence-corrected chi connectivity index (χ3v) is 6.22. The summed E-state index contributed by atoms with van der Waals surface area (Å²) in [7, 11) is 0. The number of hydrogen-bond donors (Lipinski definition) is 0. The van der Waals surface area contributed by atoms with Crippen LogP contribution in [-0.4, -0.2) is 35.7 Å². The Morgan fingerprint density at radius 3 is 2.83 bits per heavy atom. The number of benzene rings is 1. The third kappa shape index (κ3) is 4.62. The molecule has 0 saturated heterocycles. The van der Waals surface area contributed by atoms with Crippen molar-refractivity contribution in [2.24, 2.45) is 0 Å². The molecule has 0 radical (unpaired) electrons. The Kier molecular flexibility index (Phi) is 5.97. The van der Waals surface area contributed by atoms with Gasteiger partial charge in [-0.15, -0.1) is 23.1 Å². The van der Waals surface area contributed by atoms with Crippen molar-refractivity contribution < 1.29 is 14.3 Å². The normalized spacial score (nSPS) is 13.5. The lowest BCUT2D eigenvalue weighted by molar-refractivity contribution is -0.150. The molecule has 0 aliphatic carbocycles. The van der Waals surface area contributed by atoms with Crippen LogP contribution in [0.2, 0.25) is 0 Å². The Labute approximate surface area is 157 Å². The molecule has 24 heavy (non-hydrogen) atoms. The van der Waals surface area contributed by atoms with Crippen LogP contribution < -0.4 is 0 Å². The Bertz CT molecular complexity index is 730. The number of rotatable bonds is 5. The predicted molar refractivity (Wildman–Crippen MR) is 99.3 cm³/mol. The molecule has 0 atom stereocenters. The summed E-state index contributed by atoms with van der Waals surface area (Å²) < 4.78 is 6.11. The predicted octanol–water partition coefficient (Wildman–Crippen LogP) is 3.73. The van der Waals surface area contributed by atoms with Gasteiger partial charge in [0.1, 0.15) is 0 Å². The van der Waals surface area contributed by atoms with Gasteiger partial charge in [-0.05, 0) is 47.7 Å². The minimum atomic E-state index is -0.371. The van der Waals surface area contributed by atoms with Crippen LogP contribution in [0.1, 0.15) is 10.4 Å². The van der Waals surface area contributed by atoms with Gasteiger partial charge >= 0.3 is 5.97 Å². The van der Waals surface area contributed by atoms with Crippen molar-refractivity contribution in [3.8, 4) is 0 Å². The molecule has 0 spiro atoms. The van der Waals surface area contributed by atoms with Gasteiger partial charge in [0.05, 0.1) is 5.75 Å². The second-order valence-corrected chi connectivity index (χ2v) is 8.30. The first-order valence-corrected chi connectivity index (χ1v) is 10.1. The number of carbonyl (C=O) groups excluding carboxylic acids is 2. The fourth-order valence-electron chi connectivity index (χ4n) is 2.41. The van der Waals surface area contributed by atoms with E-state index < -0.39 is 0 Å². The van der Waals surface area contributed by atoms with E-state index in [1.54, 1.807) is 16.2 Å². The van der Waals surface area contributed by atoms with Crippen molar-refractivity contribution in [1.82, 2.24) is 4.90 Å². The van der Waals surface area contributed by atoms with Crippen LogP contribution in [0.4, 0.5) is 0 Å². The van der Waals surface area contributed by atoms with Crippen molar-refractivity contribution >= 4 is 50.9 Å². The quantitative estimate of drug-likeness (QED) is 0.540. The second kappa shape index (κ2) is 8.18. The van der Waals surface area contributed by atoms with Crippen molar-refractivity contribution in [1.29, 1.82) is 0 Å². The highest BCUT2D eigenvalue weighted by Gasteiger charge is 2.22. The summed E-state index contributed by atoms with van der Waals surface area (Å²) in [5.74, 6) is -0.304. The molecule has 2 heterocycles. The molecule has 2 aromatic rings. The van der Waals surface area contributed by atoms with Crippen LogP contribution in [0.15, 0.2) is 45.1 Å². The first-order chi connectivity index (χ1) is 11.6. The number of halogens is 1. The summed E-state index contributed by atoms with van der Waals surface area (Å²) in [6.45, 7) is 1.12. The topological polar surface area (TPSA) is 46.6 Å². The molecule has 126 valence electrons. The van der Waals surface area contributed by atoms with Crippen LogP contribution >= 0.6 is 39.0 Å². The average molecular weight is 426 g/mol. The van der Waals surface area contributed by atoms with Crippen LogP contribution in [0.25, 0.3) is 0 Å². The van der Waals surface area contributed by atoms with Gasteiger partial charge in [-0.2, -0.15) is 0 Å². The molecule has 1 aliphatic rings. The lowest BCUT2D eigenvalue weighted by Gasteiger charge is -2.26. The fourth-order valence-corrected chi connectivity index (χ4v) is 4.26. The summed E-state index contributed by atoms with van der Waals surface area (Å²) in [5, 5.41) is 2.05. The monoisotopic (exact) mass is 425 g/mol. The zero-order chi connectivity index (χ0) is 16.9. The number of nitrogens with zero attached hydrogens (tertiary/aromatic N) is 1. The van der Waals surface area contributed by atoms with Gasteiger partial charge in [-0.3, -0.25) is 9.59 Å². The number of hydrogen-bond acceptors (Lipinski definition) is 5. The molecule has 1 aromatic heterocycles. The van der Waals surface area contributed by atoms with E-state index in [-0.39, 0.29) is 24.2 Å². The van der Waals surface area contributed by atoms with E-state index in [2.05, 4.69) is 27.4 Å². The molecule has 4 nitrogen and oxygen atoms in total. The molecule has 0 fully saturated rings. The van der Waals surface area contributed by atoms with Gasteiger partial charge in [-0.25, -0.2) is 0 Å². The minimum Gasteiger partial charge on any atom is -0.455 e. The molecular formula is C17H16BrNO3S2. The Morgan fingerprint density at radius 1 is 1.25 bits per heavy atom. The highest BCUT2D eigenvalue weighted by Crippen LogP contribution is 2.24. The average Bonchev–Trinajstić information content (AvgIpc) is 3.06. The van der Waals surface area contributed by atoms with Crippen LogP contribution in [-0.2, 0) is 27.3 Å². The maximum Gasteiger partial charge on any atom is 0.316 e. The number of esters is 1. The second-order valence-electron chi connectivity index (χ2n) is 5.34. The van der Waals surface area contributed by atoms with Crippen molar-refractivity contribution in [2.45, 2.75) is 17.9 Å². The Morgan fingerprint density at radius 2 is 2.04 bits per heavy atom. The molecule has 0 saturated carbocycles. The van der Waals surface area contributed by atoms with Gasteiger partial charge in [0.2, 0.25) is 0 Å². The number of ether oxygens (including phenoxy) is 1. The van der Waals surface area contributed by atoms with Crippen molar-refractivity contribution in [3.63, 3.8) is 0 Å². The smallest absolute Gasteiger partial charge is 0.316 e. The fraction of sp³-hybridized carbons (Fsp3) is 0.294. The van der Waals surface area contributed by atoms with Gasteiger partial charge in [0.15, 0.2) is 6.61 Å². The summed E-state index contributed by atoms with van der Waals surface area (Å²) in [6, 6.07) is 9.76. The number of thiophene rings is 1. The molecule has 0 bridgehead atoms. The minimum absolute atomic E-state index is 0.131. The van der Waals surface area contributed by atoms with E-state index in [9.17, 15) is 9.59 Å². The maximum absolute atomic E-state index is 12.2. The molecule has 0 unspecified atom stereocenters. The number of fused-ring (bicyclic) bond motifs is 1. The molecule has 1 aliphatic heterocycles. The summed E-state index contributed by atoms with van der Waals surface area (Å²) >= 11 is 6.50. The Hall–Kier alpha value is -1.31. The van der Waals surface area contributed by atoms with E-state index in [4.69, 9.17) is 4.74 Å². The maximum atomic E-state index is 12.2. The highest BCUT2D eigenvalue weighted by molar-refractivity contribution is 9.10. The van der Waals surface area contributed by atoms with E-state index in [1.807, 2.05) is 24.3 Å². The molecular weight excluding hydrogens is 410 g/mol. The van der Waals surface area contributed by atoms with E-state index >= 15 is 0 Å². The van der Waals surface area contributed by atoms with Gasteiger partial charge < -0.3 is 9.64 Å². The SMILES string of the molecule is O=C(CSc1ccc(Br)cc1)OCC(=O)N1CCc2sccc2C1. The lowest BCUT2D eigenvalue weighted by Crippen LogP contribution is -2.38. The summed E-state index contributed by atoms with van der Waals surface area (Å²) in [4.78, 5) is 28.1. The summed E-state index contributed by atoms with van der Waals surface area (Å²) in [6.07, 6.45) is 0.881. The Balaban J connectivity index is 1.41. The number of carbonyl (C=O) groups is 2. The van der Waals surface area contributed by atoms with Gasteiger partial charge in [0, 0.05) is 27.3 Å². The standard InChI is InChI=1S/C17H16BrNO3S2/c18-13-1-3-14(4-2-13)24-11-17(21)22-10-16(20)19-7-5-15-12(9-19)6-8-23-15/h1-4,6,8H,5,7,9-11H2. The van der Waals surface area contributed by atoms with Crippen molar-refractivity contribution in [2.75, 3.05) is 18.9 Å². The number of thioether (sulfide) groups is 1. The van der Waals surface area contributed by atoms with Gasteiger partial charge in [0.25, 0.3) is 5.91 Å². The first-order valence-electron chi connectivity index (χ1n) is 7.49. The van der Waals surface area contributed by atoms with E-state index in [0.29, 0.717) is 13.1 Å². The molecule has 3 rings (SSSR count). The highest BCUT2D eigenvalue weighted by atomic mass is 79.9. The van der Waals surface area contributed by atoms with Crippen LogP contribution in [0.3, 0.4) is 0 Å². The van der Waals surface area contributed by atoms with Gasteiger partial charge in [-0.1, -0.05) is 15.9 Å². The van der Waals surface area contributed by atoms with E-state index in [1.165, 1.54) is 22.2 Å². The third-order valence-electron chi connectivity index (χ3n) is 3.69. The number of amides is 1. The van der Waals surface area contributed by atoms with Crippen molar-refractivity contribution in [3.05, 3.63) is 50.6 Å².